The average Bonchev–Trinajstić information content (AvgIpc) is 2.91. The number of nitrogens with zero attached hydrogens (tertiary/aromatic N) is 2. The van der Waals surface area contributed by atoms with Crippen molar-refractivity contribution in [3.8, 4) is 11.5 Å². The Labute approximate surface area is 209 Å². The molecule has 0 atom stereocenters. The number of thioether (sulfide) groups is 2. The van der Waals surface area contributed by atoms with Crippen LogP contribution in [0.4, 0.5) is 5.69 Å². The number of hydrogen-bond acceptors (Lipinski definition) is 8. The second-order valence-electron chi connectivity index (χ2n) is 8.01. The van der Waals surface area contributed by atoms with Gasteiger partial charge in [-0.2, -0.15) is 0 Å². The molecule has 0 N–H and O–H groups in total. The highest BCUT2D eigenvalue weighted by molar-refractivity contribution is 8.16. The van der Waals surface area contributed by atoms with Gasteiger partial charge in [-0.15, -0.1) is 23.5 Å². The topological polar surface area (TPSA) is 68.3 Å². The minimum Gasteiger partial charge on any atom is -0.497 e. The van der Waals surface area contributed by atoms with Crippen LogP contribution in [0.15, 0.2) is 48.5 Å². The first-order valence-corrected chi connectivity index (χ1v) is 13.5. The smallest absolute Gasteiger partial charge is 0.344 e. The van der Waals surface area contributed by atoms with E-state index >= 15 is 0 Å². The fourth-order valence-corrected chi connectivity index (χ4v) is 6.72. The average molecular weight is 503 g/mol. The Hall–Kier alpha value is -2.52. The number of hydrogen-bond donors (Lipinski definition) is 0. The fraction of sp³-hybridized carbons (Fsp3) is 0.440. The number of ether oxygens (including phenoxy) is 3. The predicted molar refractivity (Wildman–Crippen MR) is 137 cm³/mol. The summed E-state index contributed by atoms with van der Waals surface area (Å²) in [6.45, 7) is 2.14. The molecule has 2 aliphatic rings. The quantitative estimate of drug-likeness (QED) is 0.505. The molecule has 2 aromatic rings. The lowest BCUT2D eigenvalue weighted by Crippen LogP contribution is -2.50. The SMILES string of the molecule is COc1ccc(N2CCN(C(=O)COC(=O)COc3ccc(C4SCCCS4)cc3)CC2)cc1. The predicted octanol–water partition coefficient (Wildman–Crippen LogP) is 3.83. The van der Waals surface area contributed by atoms with E-state index in [0.29, 0.717) is 23.4 Å². The zero-order chi connectivity index (χ0) is 23.8. The molecule has 0 spiro atoms. The maximum absolute atomic E-state index is 12.5. The molecular formula is C25H30N2O5S2. The van der Waals surface area contributed by atoms with Crippen LogP contribution in [0.25, 0.3) is 0 Å². The van der Waals surface area contributed by atoms with Gasteiger partial charge in [-0.05, 0) is 59.9 Å². The maximum Gasteiger partial charge on any atom is 0.344 e. The first kappa shape index (κ1) is 24.6. The Bertz CT molecular complexity index is 941. The molecule has 2 aliphatic heterocycles. The van der Waals surface area contributed by atoms with E-state index in [4.69, 9.17) is 14.2 Å². The molecule has 2 aromatic carbocycles. The number of carbonyl (C=O) groups excluding carboxylic acids is 2. The van der Waals surface area contributed by atoms with Crippen molar-refractivity contribution in [1.82, 2.24) is 4.90 Å². The summed E-state index contributed by atoms with van der Waals surface area (Å²) in [6.07, 6.45) is 1.26. The minimum atomic E-state index is -0.548. The monoisotopic (exact) mass is 502 g/mol. The Morgan fingerprint density at radius 2 is 1.53 bits per heavy atom. The molecule has 0 radical (unpaired) electrons. The third-order valence-electron chi connectivity index (χ3n) is 5.76. The lowest BCUT2D eigenvalue weighted by atomic mass is 10.2. The Morgan fingerprint density at radius 1 is 0.882 bits per heavy atom. The number of carbonyl (C=O) groups is 2. The Morgan fingerprint density at radius 3 is 2.18 bits per heavy atom. The van der Waals surface area contributed by atoms with E-state index in [0.717, 1.165) is 24.5 Å². The number of esters is 1. The largest absolute Gasteiger partial charge is 0.497 e. The zero-order valence-electron chi connectivity index (χ0n) is 19.3. The summed E-state index contributed by atoms with van der Waals surface area (Å²) < 4.78 is 16.4. The van der Waals surface area contributed by atoms with Crippen molar-refractivity contribution in [3.63, 3.8) is 0 Å². The summed E-state index contributed by atoms with van der Waals surface area (Å²) in [5.41, 5.74) is 2.36. The standard InChI is InChI=1S/C25H30N2O5S2/c1-30-21-9-5-20(6-10-21)26-11-13-27(14-12-26)23(28)17-32-24(29)18-31-22-7-3-19(4-8-22)25-33-15-2-16-34-25/h3-10,25H,2,11-18H2,1H3. The van der Waals surface area contributed by atoms with E-state index in [-0.39, 0.29) is 19.1 Å². The molecule has 2 heterocycles. The van der Waals surface area contributed by atoms with Crippen LogP contribution in [0, 0.1) is 0 Å². The van der Waals surface area contributed by atoms with Crippen LogP contribution in [0.2, 0.25) is 0 Å². The molecular weight excluding hydrogens is 472 g/mol. The molecule has 4 rings (SSSR count). The van der Waals surface area contributed by atoms with Gasteiger partial charge in [0.15, 0.2) is 13.2 Å². The first-order valence-electron chi connectivity index (χ1n) is 11.4. The van der Waals surface area contributed by atoms with E-state index in [1.165, 1.54) is 23.5 Å². The van der Waals surface area contributed by atoms with Crippen LogP contribution in [-0.4, -0.2) is 74.8 Å². The van der Waals surface area contributed by atoms with Crippen LogP contribution in [0.3, 0.4) is 0 Å². The maximum atomic E-state index is 12.5. The van der Waals surface area contributed by atoms with Crippen LogP contribution in [-0.2, 0) is 14.3 Å². The van der Waals surface area contributed by atoms with Crippen molar-refractivity contribution in [2.75, 3.05) is 62.9 Å². The van der Waals surface area contributed by atoms with Gasteiger partial charge in [-0.3, -0.25) is 4.79 Å². The first-order chi connectivity index (χ1) is 16.6. The lowest BCUT2D eigenvalue weighted by molar-refractivity contribution is -0.153. The van der Waals surface area contributed by atoms with E-state index in [1.54, 1.807) is 12.0 Å². The van der Waals surface area contributed by atoms with E-state index in [2.05, 4.69) is 4.90 Å². The van der Waals surface area contributed by atoms with E-state index in [9.17, 15) is 9.59 Å². The molecule has 7 nitrogen and oxygen atoms in total. The number of amides is 1. The third kappa shape index (κ3) is 6.76. The molecule has 9 heteroatoms. The summed E-state index contributed by atoms with van der Waals surface area (Å²) in [5, 5.41) is 0. The molecule has 0 aromatic heterocycles. The summed E-state index contributed by atoms with van der Waals surface area (Å²) in [6, 6.07) is 15.7. The number of methoxy groups -OCH3 is 1. The molecule has 0 bridgehead atoms. The van der Waals surface area contributed by atoms with Gasteiger partial charge in [-0.25, -0.2) is 4.79 Å². The van der Waals surface area contributed by atoms with Crippen molar-refractivity contribution in [2.45, 2.75) is 11.0 Å². The molecule has 0 unspecified atom stereocenters. The van der Waals surface area contributed by atoms with Crippen molar-refractivity contribution in [3.05, 3.63) is 54.1 Å². The number of rotatable bonds is 8. The zero-order valence-corrected chi connectivity index (χ0v) is 20.9. The number of piperazine rings is 1. The van der Waals surface area contributed by atoms with Crippen molar-refractivity contribution >= 4 is 41.1 Å². The highest BCUT2D eigenvalue weighted by Crippen LogP contribution is 2.43. The van der Waals surface area contributed by atoms with Crippen LogP contribution in [0.5, 0.6) is 11.5 Å². The van der Waals surface area contributed by atoms with Gasteiger partial charge in [0.2, 0.25) is 0 Å². The second-order valence-corrected chi connectivity index (χ2v) is 10.7. The summed E-state index contributed by atoms with van der Waals surface area (Å²) in [5.74, 6) is 3.09. The van der Waals surface area contributed by atoms with Gasteiger partial charge in [0.25, 0.3) is 5.91 Å². The van der Waals surface area contributed by atoms with Crippen LogP contribution in [0.1, 0.15) is 16.6 Å². The molecule has 34 heavy (non-hydrogen) atoms. The van der Waals surface area contributed by atoms with Gasteiger partial charge in [-0.1, -0.05) is 12.1 Å². The summed E-state index contributed by atoms with van der Waals surface area (Å²) in [4.78, 5) is 28.5. The van der Waals surface area contributed by atoms with E-state index in [1.807, 2.05) is 72.1 Å². The van der Waals surface area contributed by atoms with Gasteiger partial charge in [0.05, 0.1) is 11.7 Å². The molecule has 2 saturated heterocycles. The third-order valence-corrected chi connectivity index (χ3v) is 8.78. The number of anilines is 1. The Balaban J connectivity index is 1.14. The molecule has 0 saturated carbocycles. The van der Waals surface area contributed by atoms with Gasteiger partial charge in [0, 0.05) is 31.9 Å². The number of benzene rings is 2. The normalized spacial score (nSPS) is 16.7. The molecule has 1 amide bonds. The highest BCUT2D eigenvalue weighted by atomic mass is 32.2. The lowest BCUT2D eigenvalue weighted by Gasteiger charge is -2.36. The van der Waals surface area contributed by atoms with Crippen molar-refractivity contribution in [1.29, 1.82) is 0 Å². The van der Waals surface area contributed by atoms with Gasteiger partial charge >= 0.3 is 5.97 Å². The fourth-order valence-electron chi connectivity index (χ4n) is 3.83. The van der Waals surface area contributed by atoms with Crippen LogP contribution < -0.4 is 14.4 Å². The van der Waals surface area contributed by atoms with Crippen molar-refractivity contribution in [2.24, 2.45) is 0 Å². The Kier molecular flexibility index (Phi) is 8.87. The summed E-state index contributed by atoms with van der Waals surface area (Å²) >= 11 is 3.93. The van der Waals surface area contributed by atoms with Gasteiger partial charge in [0.1, 0.15) is 11.5 Å². The minimum absolute atomic E-state index is 0.186. The second kappa shape index (κ2) is 12.3. The molecule has 2 fully saturated rings. The van der Waals surface area contributed by atoms with Gasteiger partial charge < -0.3 is 24.0 Å². The van der Waals surface area contributed by atoms with Crippen LogP contribution >= 0.6 is 23.5 Å². The van der Waals surface area contributed by atoms with Crippen molar-refractivity contribution < 1.29 is 23.8 Å². The summed E-state index contributed by atoms with van der Waals surface area (Å²) in [7, 11) is 1.64. The molecule has 182 valence electrons. The van der Waals surface area contributed by atoms with E-state index < -0.39 is 5.97 Å². The highest BCUT2D eigenvalue weighted by Gasteiger charge is 2.22. The molecule has 0 aliphatic carbocycles.